The predicted octanol–water partition coefficient (Wildman–Crippen LogP) is 2.98. The lowest BCUT2D eigenvalue weighted by molar-refractivity contribution is -0.210. The summed E-state index contributed by atoms with van der Waals surface area (Å²) in [5.41, 5.74) is -0.202. The van der Waals surface area contributed by atoms with E-state index in [0.717, 1.165) is 0 Å². The maximum Gasteiger partial charge on any atom is 0.414 e. The molecule has 1 nitrogen and oxygen atoms in total. The summed E-state index contributed by atoms with van der Waals surface area (Å²) in [5.74, 6) is -0.163. The number of hydrogen-bond acceptors (Lipinski definition) is 1. The highest BCUT2D eigenvalue weighted by atomic mass is 19.4. The summed E-state index contributed by atoms with van der Waals surface area (Å²) >= 11 is 0. The van der Waals surface area contributed by atoms with E-state index in [4.69, 9.17) is 5.11 Å². The number of aliphatic hydroxyl groups excluding tert-OH is 1. The molecule has 0 aromatic carbocycles. The molecule has 0 heterocycles. The number of alkyl halides is 3. The van der Waals surface area contributed by atoms with Gasteiger partial charge in [0.05, 0.1) is 0 Å². The minimum Gasteiger partial charge on any atom is -0.384 e. The summed E-state index contributed by atoms with van der Waals surface area (Å²) in [7, 11) is 0. The van der Waals surface area contributed by atoms with Gasteiger partial charge >= 0.3 is 6.18 Å². The fourth-order valence-corrected chi connectivity index (χ4v) is 0.822. The van der Waals surface area contributed by atoms with Gasteiger partial charge in [-0.1, -0.05) is 27.7 Å². The van der Waals surface area contributed by atoms with Crippen molar-refractivity contribution in [2.45, 2.75) is 46.4 Å². The Hall–Kier alpha value is -0.250. The second-order valence-corrected chi connectivity index (χ2v) is 4.56. The molecule has 0 saturated heterocycles. The molecule has 13 heavy (non-hydrogen) atoms. The summed E-state index contributed by atoms with van der Waals surface area (Å²) in [6.07, 6.45) is -6.91. The van der Waals surface area contributed by atoms with E-state index in [2.05, 4.69) is 0 Å². The Kier molecular flexibility index (Phi) is 3.79. The normalized spacial score (nSPS) is 18.5. The average Bonchev–Trinajstić information content (AvgIpc) is 1.82. The van der Waals surface area contributed by atoms with Crippen molar-refractivity contribution in [3.8, 4) is 0 Å². The van der Waals surface area contributed by atoms with Gasteiger partial charge in [0.25, 0.3) is 0 Å². The van der Waals surface area contributed by atoms with E-state index in [1.807, 2.05) is 20.8 Å². The van der Waals surface area contributed by atoms with Crippen molar-refractivity contribution in [3.05, 3.63) is 0 Å². The first-order valence-electron chi connectivity index (χ1n) is 4.30. The number of halogens is 3. The van der Waals surface area contributed by atoms with Crippen LogP contribution in [-0.4, -0.2) is 17.4 Å². The van der Waals surface area contributed by atoms with E-state index < -0.39 is 12.3 Å². The Labute approximate surface area is 76.9 Å². The van der Waals surface area contributed by atoms with E-state index in [-0.39, 0.29) is 17.8 Å². The molecule has 0 bridgehead atoms. The fourth-order valence-electron chi connectivity index (χ4n) is 0.822. The van der Waals surface area contributed by atoms with Crippen molar-refractivity contribution >= 4 is 0 Å². The Morgan fingerprint density at radius 3 is 1.77 bits per heavy atom. The van der Waals surface area contributed by atoms with Crippen LogP contribution in [0.2, 0.25) is 0 Å². The highest BCUT2D eigenvalue weighted by Crippen LogP contribution is 2.33. The minimum atomic E-state index is -4.49. The molecule has 0 aliphatic rings. The van der Waals surface area contributed by atoms with Crippen LogP contribution in [0, 0.1) is 11.3 Å². The number of rotatable bonds is 2. The Balaban J connectivity index is 4.15. The third-order valence-electron chi connectivity index (χ3n) is 2.43. The van der Waals surface area contributed by atoms with Crippen molar-refractivity contribution in [2.24, 2.45) is 11.3 Å². The van der Waals surface area contributed by atoms with Crippen LogP contribution in [0.3, 0.4) is 0 Å². The largest absolute Gasteiger partial charge is 0.414 e. The van der Waals surface area contributed by atoms with Gasteiger partial charge in [-0.05, 0) is 17.8 Å². The molecule has 80 valence electrons. The van der Waals surface area contributed by atoms with Gasteiger partial charge in [-0.25, -0.2) is 0 Å². The highest BCUT2D eigenvalue weighted by Gasteiger charge is 2.40. The molecule has 1 unspecified atom stereocenters. The molecular weight excluding hydrogens is 181 g/mol. The summed E-state index contributed by atoms with van der Waals surface area (Å²) in [6.45, 7) is 7.30. The van der Waals surface area contributed by atoms with E-state index >= 15 is 0 Å². The second kappa shape index (κ2) is 3.86. The van der Waals surface area contributed by atoms with E-state index in [1.165, 1.54) is 0 Å². The van der Waals surface area contributed by atoms with Gasteiger partial charge in [0.1, 0.15) is 6.10 Å². The summed E-state index contributed by atoms with van der Waals surface area (Å²) in [6, 6.07) is 0. The van der Waals surface area contributed by atoms with Crippen molar-refractivity contribution < 1.29 is 18.3 Å². The molecule has 0 radical (unpaired) electrons. The zero-order valence-corrected chi connectivity index (χ0v) is 8.44. The molecule has 0 aromatic heterocycles. The Bertz CT molecular complexity index is 139. The lowest BCUT2D eigenvalue weighted by Gasteiger charge is -2.29. The lowest BCUT2D eigenvalue weighted by atomic mass is 9.79. The first-order chi connectivity index (χ1) is 5.55. The molecule has 0 aliphatic carbocycles. The van der Waals surface area contributed by atoms with E-state index in [0.29, 0.717) is 0 Å². The number of aliphatic hydroxyl groups is 1. The zero-order valence-electron chi connectivity index (χ0n) is 8.44. The van der Waals surface area contributed by atoms with Gasteiger partial charge < -0.3 is 5.11 Å². The van der Waals surface area contributed by atoms with Gasteiger partial charge in [-0.2, -0.15) is 13.2 Å². The highest BCUT2D eigenvalue weighted by molar-refractivity contribution is 4.76. The summed E-state index contributed by atoms with van der Waals surface area (Å²) in [4.78, 5) is 0. The Morgan fingerprint density at radius 1 is 1.15 bits per heavy atom. The van der Waals surface area contributed by atoms with Crippen LogP contribution in [0.5, 0.6) is 0 Å². The van der Waals surface area contributed by atoms with Gasteiger partial charge in [0.2, 0.25) is 0 Å². The topological polar surface area (TPSA) is 20.2 Å². The second-order valence-electron chi connectivity index (χ2n) is 4.56. The van der Waals surface area contributed by atoms with Crippen molar-refractivity contribution in [2.75, 3.05) is 0 Å². The maximum absolute atomic E-state index is 11.9. The lowest BCUT2D eigenvalue weighted by Crippen LogP contribution is -2.33. The smallest absolute Gasteiger partial charge is 0.384 e. The fraction of sp³-hybridized carbons (Fsp3) is 1.00. The average molecular weight is 198 g/mol. The van der Waals surface area contributed by atoms with Crippen molar-refractivity contribution in [1.29, 1.82) is 0 Å². The van der Waals surface area contributed by atoms with Crippen LogP contribution >= 0.6 is 0 Å². The van der Waals surface area contributed by atoms with Crippen LogP contribution in [-0.2, 0) is 0 Å². The maximum atomic E-state index is 11.9. The zero-order chi connectivity index (χ0) is 10.9. The molecule has 1 N–H and O–H groups in total. The van der Waals surface area contributed by atoms with E-state index in [1.54, 1.807) is 6.92 Å². The predicted molar refractivity (Wildman–Crippen MR) is 45.3 cm³/mol. The monoisotopic (exact) mass is 198 g/mol. The molecule has 0 saturated carbocycles. The summed E-state index contributed by atoms with van der Waals surface area (Å²) < 4.78 is 35.8. The molecule has 2 atom stereocenters. The van der Waals surface area contributed by atoms with Gasteiger partial charge in [0, 0.05) is 0 Å². The first-order valence-corrected chi connectivity index (χ1v) is 4.30. The number of hydrogen-bond donors (Lipinski definition) is 1. The van der Waals surface area contributed by atoms with Crippen molar-refractivity contribution in [1.82, 2.24) is 0 Å². The molecule has 0 aromatic rings. The van der Waals surface area contributed by atoms with Gasteiger partial charge in [-0.15, -0.1) is 0 Å². The van der Waals surface area contributed by atoms with Gasteiger partial charge in [0.15, 0.2) is 0 Å². The minimum absolute atomic E-state index is 0.163. The molecule has 0 rings (SSSR count). The molecule has 0 aliphatic heterocycles. The SMILES string of the molecule is C[C@H](CC(O)C(F)(F)F)C(C)(C)C. The van der Waals surface area contributed by atoms with E-state index in [9.17, 15) is 13.2 Å². The Morgan fingerprint density at radius 2 is 1.54 bits per heavy atom. The standard InChI is InChI=1S/C9H17F3O/c1-6(8(2,3)4)5-7(13)9(10,11)12/h6-7,13H,5H2,1-4H3/t6-,7?/m1/s1. The molecule has 4 heteroatoms. The van der Waals surface area contributed by atoms with Crippen LogP contribution in [0.25, 0.3) is 0 Å². The third kappa shape index (κ3) is 4.50. The van der Waals surface area contributed by atoms with Crippen LogP contribution in [0.4, 0.5) is 13.2 Å². The van der Waals surface area contributed by atoms with Crippen molar-refractivity contribution in [3.63, 3.8) is 0 Å². The quantitative estimate of drug-likeness (QED) is 0.723. The molecule has 0 amide bonds. The third-order valence-corrected chi connectivity index (χ3v) is 2.43. The van der Waals surface area contributed by atoms with Crippen LogP contribution < -0.4 is 0 Å². The first kappa shape index (κ1) is 12.8. The van der Waals surface area contributed by atoms with Crippen LogP contribution in [0.1, 0.15) is 34.1 Å². The molecule has 0 spiro atoms. The molecular formula is C9H17F3O. The summed E-state index contributed by atoms with van der Waals surface area (Å²) in [5, 5.41) is 8.79. The van der Waals surface area contributed by atoms with Gasteiger partial charge in [-0.3, -0.25) is 0 Å². The molecule has 0 fully saturated rings. The van der Waals surface area contributed by atoms with Crippen LogP contribution in [0.15, 0.2) is 0 Å².